The van der Waals surface area contributed by atoms with E-state index < -0.39 is 0 Å². The molecule has 2 atom stereocenters. The van der Waals surface area contributed by atoms with E-state index >= 15 is 0 Å². The van der Waals surface area contributed by atoms with Gasteiger partial charge in [0.15, 0.2) is 0 Å². The number of piperidine rings is 1. The quantitative estimate of drug-likeness (QED) is 0.651. The van der Waals surface area contributed by atoms with Crippen LogP contribution in [0.15, 0.2) is 24.3 Å². The Morgan fingerprint density at radius 2 is 1.63 bits per heavy atom. The van der Waals surface area contributed by atoms with E-state index in [0.29, 0.717) is 5.69 Å². The number of benzene rings is 1. The molecule has 2 aliphatic rings. The van der Waals surface area contributed by atoms with Crippen LogP contribution in [0.3, 0.4) is 0 Å². The predicted octanol–water partition coefficient (Wildman–Crippen LogP) is 2.36. The highest BCUT2D eigenvalue weighted by molar-refractivity contribution is 5.93. The van der Waals surface area contributed by atoms with Crippen LogP contribution in [0.4, 0.5) is 16.2 Å². The Morgan fingerprint density at radius 1 is 1.00 bits per heavy atom. The van der Waals surface area contributed by atoms with Crippen LogP contribution in [0.1, 0.15) is 38.5 Å². The van der Waals surface area contributed by atoms with Crippen molar-refractivity contribution in [2.24, 2.45) is 11.7 Å². The molecule has 7 nitrogen and oxygen atoms in total. The summed E-state index contributed by atoms with van der Waals surface area (Å²) >= 11 is 0. The highest BCUT2D eigenvalue weighted by atomic mass is 16.2. The molecule has 1 aliphatic heterocycles. The van der Waals surface area contributed by atoms with Crippen molar-refractivity contribution in [1.82, 2.24) is 10.2 Å². The van der Waals surface area contributed by atoms with E-state index in [1.54, 1.807) is 12.1 Å². The van der Waals surface area contributed by atoms with Crippen LogP contribution in [0.25, 0.3) is 0 Å². The topological polar surface area (TPSA) is 99.5 Å². The molecular weight excluding hydrogens is 342 g/mol. The first kappa shape index (κ1) is 19.6. The molecule has 0 bridgehead atoms. The SMILES string of the molecule is CN1CCC(NC(=O)Nc2ccc(NC(=O)C3CCCC(N)C3)cc2)CC1. The second-order valence-corrected chi connectivity index (χ2v) is 7.87. The molecule has 27 heavy (non-hydrogen) atoms. The standard InChI is InChI=1S/C20H31N5O2/c1-25-11-9-18(10-12-25)24-20(27)23-17-7-5-16(6-8-17)22-19(26)14-3-2-4-15(21)13-14/h5-8,14-15,18H,2-4,9-13,21H2,1H3,(H,22,26)(H2,23,24,27). The number of rotatable bonds is 4. The van der Waals surface area contributed by atoms with E-state index in [0.717, 1.165) is 57.3 Å². The normalized spacial score (nSPS) is 24.2. The van der Waals surface area contributed by atoms with E-state index in [4.69, 9.17) is 5.73 Å². The maximum absolute atomic E-state index is 12.4. The molecule has 1 aromatic carbocycles. The average molecular weight is 374 g/mol. The van der Waals surface area contributed by atoms with Gasteiger partial charge < -0.3 is 26.6 Å². The Hall–Kier alpha value is -2.12. The summed E-state index contributed by atoms with van der Waals surface area (Å²) < 4.78 is 0. The van der Waals surface area contributed by atoms with Crippen molar-refractivity contribution in [3.8, 4) is 0 Å². The molecule has 0 radical (unpaired) electrons. The monoisotopic (exact) mass is 373 g/mol. The minimum Gasteiger partial charge on any atom is -0.335 e. The molecule has 7 heteroatoms. The molecule has 1 heterocycles. The summed E-state index contributed by atoms with van der Waals surface area (Å²) in [5.74, 6) is 0.0257. The Kier molecular flexibility index (Phi) is 6.68. The first-order valence-electron chi connectivity index (χ1n) is 9.92. The molecule has 2 fully saturated rings. The van der Waals surface area contributed by atoms with Gasteiger partial charge in [-0.15, -0.1) is 0 Å². The van der Waals surface area contributed by atoms with Gasteiger partial charge in [-0.1, -0.05) is 6.42 Å². The van der Waals surface area contributed by atoms with Crippen LogP contribution >= 0.6 is 0 Å². The maximum atomic E-state index is 12.4. The van der Waals surface area contributed by atoms with Gasteiger partial charge in [0, 0.05) is 29.4 Å². The number of carbonyl (C=O) groups is 2. The summed E-state index contributed by atoms with van der Waals surface area (Å²) in [7, 11) is 2.10. The summed E-state index contributed by atoms with van der Waals surface area (Å²) in [6.45, 7) is 2.01. The van der Waals surface area contributed by atoms with Crippen LogP contribution in [0.2, 0.25) is 0 Å². The molecule has 5 N–H and O–H groups in total. The lowest BCUT2D eigenvalue weighted by atomic mass is 9.85. The zero-order valence-electron chi connectivity index (χ0n) is 16.0. The Labute approximate surface area is 161 Å². The van der Waals surface area contributed by atoms with E-state index in [9.17, 15) is 9.59 Å². The Balaban J connectivity index is 1.45. The predicted molar refractivity (Wildman–Crippen MR) is 108 cm³/mol. The smallest absolute Gasteiger partial charge is 0.319 e. The molecule has 1 saturated carbocycles. The van der Waals surface area contributed by atoms with E-state index in [-0.39, 0.29) is 29.9 Å². The van der Waals surface area contributed by atoms with Crippen LogP contribution in [-0.4, -0.2) is 49.1 Å². The van der Waals surface area contributed by atoms with Gasteiger partial charge in [-0.3, -0.25) is 4.79 Å². The number of hydrogen-bond acceptors (Lipinski definition) is 4. The van der Waals surface area contributed by atoms with Crippen molar-refractivity contribution in [2.45, 2.75) is 50.6 Å². The largest absolute Gasteiger partial charge is 0.335 e. The third-order valence-electron chi connectivity index (χ3n) is 5.55. The fourth-order valence-corrected chi connectivity index (χ4v) is 3.85. The van der Waals surface area contributed by atoms with Crippen molar-refractivity contribution in [3.05, 3.63) is 24.3 Å². The van der Waals surface area contributed by atoms with Gasteiger partial charge in [-0.25, -0.2) is 4.79 Å². The van der Waals surface area contributed by atoms with E-state index in [1.165, 1.54) is 0 Å². The third kappa shape index (κ3) is 5.94. The number of carbonyl (C=O) groups excluding carboxylic acids is 2. The number of anilines is 2. The number of likely N-dealkylation sites (tertiary alicyclic amines) is 1. The molecular formula is C20H31N5O2. The molecule has 1 aliphatic carbocycles. The minimum absolute atomic E-state index is 0.00753. The molecule has 0 aromatic heterocycles. The van der Waals surface area contributed by atoms with Crippen molar-refractivity contribution >= 4 is 23.3 Å². The maximum Gasteiger partial charge on any atom is 0.319 e. The van der Waals surface area contributed by atoms with Gasteiger partial charge >= 0.3 is 6.03 Å². The molecule has 2 unspecified atom stereocenters. The first-order chi connectivity index (χ1) is 13.0. The molecule has 148 valence electrons. The number of amides is 3. The van der Waals surface area contributed by atoms with E-state index in [1.807, 2.05) is 12.1 Å². The van der Waals surface area contributed by atoms with Crippen LogP contribution in [0.5, 0.6) is 0 Å². The van der Waals surface area contributed by atoms with Crippen molar-refractivity contribution < 1.29 is 9.59 Å². The molecule has 3 rings (SSSR count). The summed E-state index contributed by atoms with van der Waals surface area (Å²) in [4.78, 5) is 26.8. The number of nitrogens with two attached hydrogens (primary N) is 1. The second-order valence-electron chi connectivity index (χ2n) is 7.87. The average Bonchev–Trinajstić information content (AvgIpc) is 2.65. The number of hydrogen-bond donors (Lipinski definition) is 4. The Bertz CT molecular complexity index is 640. The zero-order chi connectivity index (χ0) is 19.2. The lowest BCUT2D eigenvalue weighted by Gasteiger charge is -2.29. The van der Waals surface area contributed by atoms with Crippen LogP contribution in [-0.2, 0) is 4.79 Å². The summed E-state index contributed by atoms with van der Waals surface area (Å²) in [5, 5.41) is 8.84. The molecule has 1 aromatic rings. The van der Waals surface area contributed by atoms with E-state index in [2.05, 4.69) is 27.9 Å². The molecule has 3 amide bonds. The minimum atomic E-state index is -0.183. The number of nitrogens with one attached hydrogen (secondary N) is 3. The summed E-state index contributed by atoms with van der Waals surface area (Å²) in [6, 6.07) is 7.40. The Morgan fingerprint density at radius 3 is 2.26 bits per heavy atom. The fraction of sp³-hybridized carbons (Fsp3) is 0.600. The van der Waals surface area contributed by atoms with Crippen molar-refractivity contribution in [3.63, 3.8) is 0 Å². The van der Waals surface area contributed by atoms with Crippen molar-refractivity contribution in [1.29, 1.82) is 0 Å². The highest BCUT2D eigenvalue weighted by Crippen LogP contribution is 2.25. The van der Waals surface area contributed by atoms with Gasteiger partial charge in [0.25, 0.3) is 0 Å². The lowest BCUT2D eigenvalue weighted by molar-refractivity contribution is -0.120. The third-order valence-corrected chi connectivity index (χ3v) is 5.55. The van der Waals surface area contributed by atoms with Gasteiger partial charge in [-0.05, 0) is 76.5 Å². The van der Waals surface area contributed by atoms with Gasteiger partial charge in [0.05, 0.1) is 0 Å². The lowest BCUT2D eigenvalue weighted by Crippen LogP contribution is -2.44. The van der Waals surface area contributed by atoms with Crippen LogP contribution < -0.4 is 21.7 Å². The van der Waals surface area contributed by atoms with Gasteiger partial charge in [0.2, 0.25) is 5.91 Å². The first-order valence-corrected chi connectivity index (χ1v) is 9.92. The fourth-order valence-electron chi connectivity index (χ4n) is 3.85. The summed E-state index contributed by atoms with van der Waals surface area (Å²) in [6.07, 6.45) is 5.61. The zero-order valence-corrected chi connectivity index (χ0v) is 16.0. The van der Waals surface area contributed by atoms with Crippen LogP contribution in [0, 0.1) is 5.92 Å². The van der Waals surface area contributed by atoms with Gasteiger partial charge in [0.1, 0.15) is 0 Å². The highest BCUT2D eigenvalue weighted by Gasteiger charge is 2.25. The molecule has 0 spiro atoms. The summed E-state index contributed by atoms with van der Waals surface area (Å²) in [5.41, 5.74) is 7.41. The number of nitrogens with zero attached hydrogens (tertiary/aromatic N) is 1. The molecule has 1 saturated heterocycles. The second kappa shape index (κ2) is 9.19. The van der Waals surface area contributed by atoms with Gasteiger partial charge in [-0.2, -0.15) is 0 Å². The number of urea groups is 1. The van der Waals surface area contributed by atoms with Crippen molar-refractivity contribution in [2.75, 3.05) is 30.8 Å².